The smallest absolute Gasteiger partial charge is 0.252 e. The Bertz CT molecular complexity index is 709. The van der Waals surface area contributed by atoms with Crippen LogP contribution in [0, 0.1) is 5.92 Å². The molecule has 0 aliphatic carbocycles. The summed E-state index contributed by atoms with van der Waals surface area (Å²) in [6.45, 7) is 6.43. The van der Waals surface area contributed by atoms with E-state index in [1.165, 1.54) is 6.92 Å². The number of nitrogens with zero attached hydrogens (tertiary/aromatic N) is 1. The molecule has 2 N–H and O–H groups in total. The van der Waals surface area contributed by atoms with E-state index in [-0.39, 0.29) is 11.7 Å². The summed E-state index contributed by atoms with van der Waals surface area (Å²) in [6.07, 6.45) is 4.15. The van der Waals surface area contributed by atoms with Crippen LogP contribution in [0.3, 0.4) is 0 Å². The molecule has 2 rings (SSSR count). The number of nitrogens with one attached hydrogen (secondary N) is 2. The van der Waals surface area contributed by atoms with E-state index in [1.54, 1.807) is 30.6 Å². The normalized spacial score (nSPS) is 10.5. The fraction of sp³-hybridized carbons (Fsp3) is 0.316. The van der Waals surface area contributed by atoms with E-state index in [0.717, 1.165) is 17.8 Å². The van der Waals surface area contributed by atoms with Gasteiger partial charge in [-0.15, -0.1) is 0 Å². The topological polar surface area (TPSA) is 71.1 Å². The van der Waals surface area contributed by atoms with Crippen molar-refractivity contribution in [1.29, 1.82) is 0 Å². The van der Waals surface area contributed by atoms with Gasteiger partial charge < -0.3 is 10.6 Å². The number of carbonyl (C=O) groups excluding carboxylic acids is 2. The molecule has 0 radical (unpaired) electrons. The summed E-state index contributed by atoms with van der Waals surface area (Å²) in [6, 6.07) is 8.94. The molecule has 0 saturated carbocycles. The molecular formula is C19H23N3O2. The maximum atomic E-state index is 12.1. The van der Waals surface area contributed by atoms with E-state index in [0.29, 0.717) is 23.6 Å². The van der Waals surface area contributed by atoms with Gasteiger partial charge in [-0.25, -0.2) is 0 Å². The third kappa shape index (κ3) is 5.19. The van der Waals surface area contributed by atoms with E-state index in [2.05, 4.69) is 29.5 Å². The fourth-order valence-corrected chi connectivity index (χ4v) is 2.16. The van der Waals surface area contributed by atoms with Gasteiger partial charge in [0, 0.05) is 24.0 Å². The summed E-state index contributed by atoms with van der Waals surface area (Å²) >= 11 is 0. The molecule has 0 aliphatic rings. The van der Waals surface area contributed by atoms with Gasteiger partial charge in [0.1, 0.15) is 0 Å². The summed E-state index contributed by atoms with van der Waals surface area (Å²) in [5.41, 5.74) is 2.74. The number of carbonyl (C=O) groups is 2. The van der Waals surface area contributed by atoms with E-state index in [9.17, 15) is 9.59 Å². The van der Waals surface area contributed by atoms with Crippen molar-refractivity contribution in [2.45, 2.75) is 27.2 Å². The molecule has 1 amide bonds. The summed E-state index contributed by atoms with van der Waals surface area (Å²) in [5.74, 6) is 0.455. The first-order valence-electron chi connectivity index (χ1n) is 8.07. The number of hydrogen-bond acceptors (Lipinski definition) is 4. The van der Waals surface area contributed by atoms with Crippen LogP contribution in [0.2, 0.25) is 0 Å². The van der Waals surface area contributed by atoms with E-state index >= 15 is 0 Å². The quantitative estimate of drug-likeness (QED) is 0.760. The number of ketones is 1. The minimum absolute atomic E-state index is 0.0308. The lowest BCUT2D eigenvalue weighted by Crippen LogP contribution is -2.25. The maximum absolute atomic E-state index is 12.1. The first-order chi connectivity index (χ1) is 11.5. The maximum Gasteiger partial charge on any atom is 0.252 e. The number of anilines is 2. The molecule has 5 heteroatoms. The van der Waals surface area contributed by atoms with Gasteiger partial charge in [0.05, 0.1) is 17.4 Å². The molecule has 0 saturated heterocycles. The van der Waals surface area contributed by atoms with Crippen molar-refractivity contribution in [2.75, 3.05) is 11.9 Å². The van der Waals surface area contributed by atoms with Crippen LogP contribution in [0.5, 0.6) is 0 Å². The highest BCUT2D eigenvalue weighted by Gasteiger charge is 2.07. The predicted octanol–water partition coefficient (Wildman–Crippen LogP) is 3.80. The molecule has 1 heterocycles. The van der Waals surface area contributed by atoms with E-state index < -0.39 is 0 Å². The lowest BCUT2D eigenvalue weighted by molar-refractivity contribution is 0.0950. The zero-order chi connectivity index (χ0) is 17.5. The predicted molar refractivity (Wildman–Crippen MR) is 95.8 cm³/mol. The zero-order valence-electron chi connectivity index (χ0n) is 14.3. The number of rotatable bonds is 7. The minimum Gasteiger partial charge on any atom is -0.354 e. The molecule has 0 spiro atoms. The van der Waals surface area contributed by atoms with Crippen LogP contribution in [-0.4, -0.2) is 23.2 Å². The molecule has 1 aromatic heterocycles. The van der Waals surface area contributed by atoms with Crippen molar-refractivity contribution in [1.82, 2.24) is 10.3 Å². The first-order valence-corrected chi connectivity index (χ1v) is 8.07. The van der Waals surface area contributed by atoms with Crippen molar-refractivity contribution >= 4 is 23.1 Å². The monoisotopic (exact) mass is 325 g/mol. The van der Waals surface area contributed by atoms with E-state index in [4.69, 9.17) is 0 Å². The second-order valence-corrected chi connectivity index (χ2v) is 6.16. The summed E-state index contributed by atoms with van der Waals surface area (Å²) in [5, 5.41) is 6.08. The second-order valence-electron chi connectivity index (χ2n) is 6.16. The van der Waals surface area contributed by atoms with Gasteiger partial charge in [-0.05, 0) is 49.6 Å². The highest BCUT2D eigenvalue weighted by atomic mass is 16.1. The molecular weight excluding hydrogens is 302 g/mol. The summed E-state index contributed by atoms with van der Waals surface area (Å²) in [7, 11) is 0. The Balaban J connectivity index is 2.01. The summed E-state index contributed by atoms with van der Waals surface area (Å²) < 4.78 is 0. The van der Waals surface area contributed by atoms with Crippen LogP contribution < -0.4 is 10.6 Å². The second kappa shape index (κ2) is 8.24. The standard InChI is InChI=1S/C19H23N3O2/c1-13(2)8-9-21-19(24)16-10-18(12-20-11-16)22-17-6-4-15(5-7-17)14(3)23/h4-7,10-13,22H,8-9H2,1-3H3,(H,21,24). The average molecular weight is 325 g/mol. The zero-order valence-corrected chi connectivity index (χ0v) is 14.3. The number of pyridine rings is 1. The molecule has 0 unspecified atom stereocenters. The minimum atomic E-state index is -0.126. The number of Topliss-reactive ketones (excluding diaryl/α,β-unsaturated/α-hetero) is 1. The third-order valence-corrected chi connectivity index (χ3v) is 3.59. The van der Waals surface area contributed by atoms with Crippen molar-refractivity contribution in [2.24, 2.45) is 5.92 Å². The van der Waals surface area contributed by atoms with Crippen LogP contribution in [0.15, 0.2) is 42.7 Å². The highest BCUT2D eigenvalue weighted by molar-refractivity contribution is 5.95. The first kappa shape index (κ1) is 17.7. The molecule has 2 aromatic rings. The average Bonchev–Trinajstić information content (AvgIpc) is 2.55. The fourth-order valence-electron chi connectivity index (χ4n) is 2.16. The Morgan fingerprint density at radius 1 is 1.04 bits per heavy atom. The van der Waals surface area contributed by atoms with Crippen LogP contribution in [0.25, 0.3) is 0 Å². The molecule has 1 aromatic carbocycles. The van der Waals surface area contributed by atoms with Crippen LogP contribution in [-0.2, 0) is 0 Å². The Labute approximate surface area is 142 Å². The third-order valence-electron chi connectivity index (χ3n) is 3.59. The molecule has 24 heavy (non-hydrogen) atoms. The number of amides is 1. The van der Waals surface area contributed by atoms with Gasteiger partial charge in [-0.1, -0.05) is 13.8 Å². The number of hydrogen-bond donors (Lipinski definition) is 2. The molecule has 126 valence electrons. The molecule has 0 bridgehead atoms. The largest absolute Gasteiger partial charge is 0.354 e. The Morgan fingerprint density at radius 2 is 1.75 bits per heavy atom. The molecule has 0 fully saturated rings. The van der Waals surface area contributed by atoms with Crippen molar-refractivity contribution in [3.05, 3.63) is 53.9 Å². The Kier molecular flexibility index (Phi) is 6.07. The van der Waals surface area contributed by atoms with Crippen LogP contribution >= 0.6 is 0 Å². The summed E-state index contributed by atoms with van der Waals surface area (Å²) in [4.78, 5) is 27.5. The Hall–Kier alpha value is -2.69. The van der Waals surface area contributed by atoms with E-state index in [1.807, 2.05) is 12.1 Å². The van der Waals surface area contributed by atoms with Gasteiger partial charge in [-0.2, -0.15) is 0 Å². The van der Waals surface area contributed by atoms with Crippen LogP contribution in [0.4, 0.5) is 11.4 Å². The number of aromatic nitrogens is 1. The molecule has 0 aliphatic heterocycles. The van der Waals surface area contributed by atoms with Crippen molar-refractivity contribution < 1.29 is 9.59 Å². The SMILES string of the molecule is CC(=O)c1ccc(Nc2cncc(C(=O)NCCC(C)C)c2)cc1. The molecule has 0 atom stereocenters. The van der Waals surface area contributed by atoms with Gasteiger partial charge in [-0.3, -0.25) is 14.6 Å². The highest BCUT2D eigenvalue weighted by Crippen LogP contribution is 2.17. The van der Waals surface area contributed by atoms with Gasteiger partial charge >= 0.3 is 0 Å². The number of benzene rings is 1. The van der Waals surface area contributed by atoms with Crippen molar-refractivity contribution in [3.8, 4) is 0 Å². The van der Waals surface area contributed by atoms with Gasteiger partial charge in [0.25, 0.3) is 5.91 Å². The van der Waals surface area contributed by atoms with Crippen LogP contribution in [0.1, 0.15) is 47.9 Å². The lowest BCUT2D eigenvalue weighted by Gasteiger charge is -2.10. The lowest BCUT2D eigenvalue weighted by atomic mass is 10.1. The van der Waals surface area contributed by atoms with Gasteiger partial charge in [0.2, 0.25) is 0 Å². The molecule has 5 nitrogen and oxygen atoms in total. The van der Waals surface area contributed by atoms with Gasteiger partial charge in [0.15, 0.2) is 5.78 Å². The van der Waals surface area contributed by atoms with Crippen molar-refractivity contribution in [3.63, 3.8) is 0 Å². The Morgan fingerprint density at radius 3 is 2.38 bits per heavy atom.